The van der Waals surface area contributed by atoms with Crippen LogP contribution in [0.5, 0.6) is 0 Å². The summed E-state index contributed by atoms with van der Waals surface area (Å²) in [5.41, 5.74) is -0.0533. The van der Waals surface area contributed by atoms with Crippen molar-refractivity contribution in [1.82, 2.24) is 19.7 Å². The molecule has 1 amide bonds. The number of ether oxygens (including phenoxy) is 1. The van der Waals surface area contributed by atoms with Gasteiger partial charge in [-0.05, 0) is 173 Å². The molecule has 61 heavy (non-hydrogen) atoms. The molecule has 10 rings (SSSR count). The van der Waals surface area contributed by atoms with Crippen molar-refractivity contribution >= 4 is 17.8 Å². The predicted octanol–water partition coefficient (Wildman–Crippen LogP) is 10.9. The molecule has 338 valence electrons. The molecule has 3 heterocycles. The molecule has 0 unspecified atom stereocenters. The highest BCUT2D eigenvalue weighted by molar-refractivity contribution is 5.85. The number of carbonyl (C=O) groups is 3. The van der Waals surface area contributed by atoms with Gasteiger partial charge in [-0.15, -0.1) is 10.2 Å². The fraction of sp³-hybridized carbons (Fsp3) is 0.904. The van der Waals surface area contributed by atoms with Gasteiger partial charge in [0, 0.05) is 29.5 Å². The highest BCUT2D eigenvalue weighted by Gasteiger charge is 2.74. The van der Waals surface area contributed by atoms with Crippen LogP contribution in [0.25, 0.3) is 0 Å². The van der Waals surface area contributed by atoms with Crippen molar-refractivity contribution in [3.8, 4) is 0 Å². The number of hydrogen-bond acceptors (Lipinski definition) is 6. The monoisotopic (exact) mass is 841 g/mol. The summed E-state index contributed by atoms with van der Waals surface area (Å²) in [5, 5.41) is 18.9. The van der Waals surface area contributed by atoms with E-state index >= 15 is 4.79 Å². The number of fused-ring (bicyclic) bond motifs is 9. The zero-order valence-electron chi connectivity index (χ0n) is 39.8. The van der Waals surface area contributed by atoms with Crippen molar-refractivity contribution in [3.63, 3.8) is 0 Å². The first kappa shape index (κ1) is 42.5. The van der Waals surface area contributed by atoms with Crippen LogP contribution in [0.4, 0.5) is 0 Å². The molecule has 9 nitrogen and oxygen atoms in total. The highest BCUT2D eigenvalue weighted by atomic mass is 16.5. The third-order valence-corrected chi connectivity index (χ3v) is 22.6. The van der Waals surface area contributed by atoms with Crippen LogP contribution in [-0.4, -0.2) is 60.8 Å². The first-order valence-corrected chi connectivity index (χ1v) is 25.2. The zero-order valence-corrected chi connectivity index (χ0v) is 39.8. The molecular formula is C52H80N4O5. The van der Waals surface area contributed by atoms with Gasteiger partial charge >= 0.3 is 11.9 Å². The fourth-order valence-electron chi connectivity index (χ4n) is 18.6. The molecule has 0 spiro atoms. The van der Waals surface area contributed by atoms with Crippen LogP contribution in [0.3, 0.4) is 0 Å². The molecule has 9 fully saturated rings. The molecule has 2 bridgehead atoms. The number of carboxylic acids is 1. The van der Waals surface area contributed by atoms with Crippen LogP contribution < -0.4 is 0 Å². The maximum absolute atomic E-state index is 15.9. The topological polar surface area (TPSA) is 115 Å². The minimum Gasteiger partial charge on any atom is -0.481 e. The van der Waals surface area contributed by atoms with Crippen molar-refractivity contribution in [2.75, 3.05) is 0 Å². The summed E-state index contributed by atoms with van der Waals surface area (Å²) >= 11 is 0. The van der Waals surface area contributed by atoms with Crippen molar-refractivity contribution in [2.24, 2.45) is 79.3 Å². The molecule has 1 N–H and O–H groups in total. The fourth-order valence-corrected chi connectivity index (χ4v) is 18.6. The van der Waals surface area contributed by atoms with Gasteiger partial charge in [0.15, 0.2) is 0 Å². The first-order valence-electron chi connectivity index (χ1n) is 25.2. The number of piperidine rings is 1. The van der Waals surface area contributed by atoms with Gasteiger partial charge in [0.05, 0.1) is 17.3 Å². The van der Waals surface area contributed by atoms with Crippen LogP contribution >= 0.6 is 0 Å². The molecule has 0 aromatic carbocycles. The second-order valence-electron chi connectivity index (χ2n) is 25.8. The van der Waals surface area contributed by atoms with Gasteiger partial charge in [0.25, 0.3) is 0 Å². The van der Waals surface area contributed by atoms with E-state index in [4.69, 9.17) is 4.74 Å². The number of nitrogens with zero attached hydrogens (tertiary/aromatic N) is 4. The average Bonchev–Trinajstić information content (AvgIpc) is 3.47. The SMILES string of the molecule is Cc1nnc(C(C)C)n1[C@@H]1C[C@H]2CC[C@@H](C1)N2C(=O)[C@]12CC[C@@H](C3(C)CC3)[C@@H]1[C@H]1CC[C@@H]3[C@@]4(C)CC[C@H](OC(=O)[C@H]5C[C@@H](C(=O)O)C5(C)C)C(C)(C)[C@@H]4CC[C@@]3(C)[C@]1(C)CC2. The van der Waals surface area contributed by atoms with E-state index in [0.717, 1.165) is 69.4 Å². The number of carbonyl (C=O) groups excluding carboxylic acids is 2. The quantitative estimate of drug-likeness (QED) is 0.272. The molecule has 7 aliphatic carbocycles. The van der Waals surface area contributed by atoms with Gasteiger partial charge in [-0.1, -0.05) is 69.2 Å². The standard InChI is InChI=1S/C52H80N4O5/c1-29(2)42-54-53-30(3)55(42)33-26-31-12-13-32(27-33)56(31)45(60)52-21-16-34(48(8)22-23-48)41(52)35-14-15-39-49(9)19-18-40(61-44(59)37-28-36(43(57)58)46(37,4)5)47(6,7)38(49)17-20-51(39,11)50(35,10)24-25-52/h29,31-41H,12-28H2,1-11H3,(H,57,58)/t31-,32+,33-,34-,35-,36+,37-,38+,39-,40+,41-,49+,50-,51-,52+/m1/s1. The maximum atomic E-state index is 15.9. The van der Waals surface area contributed by atoms with Crippen LogP contribution in [0.1, 0.15) is 202 Å². The summed E-state index contributed by atoms with van der Waals surface area (Å²) in [6.45, 7) is 25.8. The Morgan fingerprint density at radius 3 is 1.98 bits per heavy atom. The molecule has 7 saturated carbocycles. The van der Waals surface area contributed by atoms with Crippen LogP contribution in [0, 0.1) is 86.3 Å². The van der Waals surface area contributed by atoms with Gasteiger partial charge in [0.1, 0.15) is 17.8 Å². The number of carboxylic acid groups (broad SMARTS) is 1. The summed E-state index contributed by atoms with van der Waals surface area (Å²) in [6.07, 6.45) is 18.6. The van der Waals surface area contributed by atoms with E-state index in [1.807, 2.05) is 13.8 Å². The Kier molecular flexibility index (Phi) is 9.44. The summed E-state index contributed by atoms with van der Waals surface area (Å²) in [7, 11) is 0. The summed E-state index contributed by atoms with van der Waals surface area (Å²) in [6, 6.07) is 1.01. The number of aromatic nitrogens is 3. The Morgan fingerprint density at radius 2 is 1.36 bits per heavy atom. The number of aryl methyl sites for hydroxylation is 1. The molecule has 15 atom stereocenters. The van der Waals surface area contributed by atoms with Crippen molar-refractivity contribution < 1.29 is 24.2 Å². The highest BCUT2D eigenvalue weighted by Crippen LogP contribution is 2.79. The Hall–Kier alpha value is -2.45. The Balaban J connectivity index is 0.909. The number of amides is 1. The van der Waals surface area contributed by atoms with Crippen molar-refractivity contribution in [3.05, 3.63) is 11.6 Å². The van der Waals surface area contributed by atoms with Gasteiger partial charge in [0.2, 0.25) is 5.91 Å². The second-order valence-corrected chi connectivity index (χ2v) is 25.8. The lowest BCUT2D eigenvalue weighted by Crippen LogP contribution is -2.68. The summed E-state index contributed by atoms with van der Waals surface area (Å²) < 4.78 is 8.94. The molecule has 1 aromatic heterocycles. The van der Waals surface area contributed by atoms with Gasteiger partial charge < -0.3 is 19.3 Å². The molecule has 2 aliphatic heterocycles. The van der Waals surface area contributed by atoms with E-state index in [-0.39, 0.29) is 45.1 Å². The van der Waals surface area contributed by atoms with Crippen molar-refractivity contribution in [2.45, 2.75) is 215 Å². The smallest absolute Gasteiger partial charge is 0.309 e. The molecule has 9 heteroatoms. The van der Waals surface area contributed by atoms with Crippen LogP contribution in [-0.2, 0) is 19.1 Å². The van der Waals surface area contributed by atoms with E-state index in [0.29, 0.717) is 71.4 Å². The minimum atomic E-state index is -0.806. The average molecular weight is 841 g/mol. The lowest BCUT2D eigenvalue weighted by Gasteiger charge is -2.73. The van der Waals surface area contributed by atoms with E-state index in [1.165, 1.54) is 44.9 Å². The van der Waals surface area contributed by atoms with Gasteiger partial charge in [-0.3, -0.25) is 14.4 Å². The van der Waals surface area contributed by atoms with Gasteiger partial charge in [-0.25, -0.2) is 0 Å². The molecular weight excluding hydrogens is 761 g/mol. The summed E-state index contributed by atoms with van der Waals surface area (Å²) in [5.74, 6) is 3.93. The molecule has 2 saturated heterocycles. The van der Waals surface area contributed by atoms with Crippen LogP contribution in [0.15, 0.2) is 0 Å². The molecule has 1 aromatic rings. The lowest BCUT2D eigenvalue weighted by atomic mass is 9.32. The van der Waals surface area contributed by atoms with Crippen molar-refractivity contribution in [1.29, 1.82) is 0 Å². The minimum absolute atomic E-state index is 0.146. The Morgan fingerprint density at radius 1 is 0.672 bits per heavy atom. The predicted molar refractivity (Wildman–Crippen MR) is 235 cm³/mol. The van der Waals surface area contributed by atoms with E-state index in [1.54, 1.807) is 0 Å². The number of rotatable bonds is 7. The maximum Gasteiger partial charge on any atom is 0.309 e. The Bertz CT molecular complexity index is 1970. The number of aliphatic carboxylic acids is 1. The van der Waals surface area contributed by atoms with Crippen LogP contribution in [0.2, 0.25) is 0 Å². The van der Waals surface area contributed by atoms with E-state index in [9.17, 15) is 14.7 Å². The Labute approximate surface area is 367 Å². The third kappa shape index (κ3) is 5.63. The summed E-state index contributed by atoms with van der Waals surface area (Å²) in [4.78, 5) is 44.0. The lowest BCUT2D eigenvalue weighted by molar-refractivity contribution is -0.253. The third-order valence-electron chi connectivity index (χ3n) is 22.6. The largest absolute Gasteiger partial charge is 0.481 e. The number of esters is 1. The second kappa shape index (κ2) is 13.5. The molecule has 0 radical (unpaired) electrons. The number of hydrogen-bond donors (Lipinski definition) is 1. The normalized spacial score (nSPS) is 47.3. The van der Waals surface area contributed by atoms with E-state index in [2.05, 4.69) is 82.0 Å². The zero-order chi connectivity index (χ0) is 43.6. The van der Waals surface area contributed by atoms with E-state index < -0.39 is 17.3 Å². The first-order chi connectivity index (χ1) is 28.5. The molecule has 9 aliphatic rings. The van der Waals surface area contributed by atoms with Gasteiger partial charge in [-0.2, -0.15) is 0 Å².